The van der Waals surface area contributed by atoms with E-state index in [1.54, 1.807) is 14.5 Å². The molecule has 0 saturated carbocycles. The lowest BCUT2D eigenvalue weighted by Crippen LogP contribution is -2.75. The lowest BCUT2D eigenvalue weighted by atomic mass is 9.86. The van der Waals surface area contributed by atoms with E-state index in [0.29, 0.717) is 31.7 Å². The molecule has 2 aliphatic heterocycles. The zero-order valence-corrected chi connectivity index (χ0v) is 15.6. The summed E-state index contributed by atoms with van der Waals surface area (Å²) in [4.78, 5) is 28.5. The molecule has 2 atom stereocenters. The molecule has 1 aromatic heterocycles. The van der Waals surface area contributed by atoms with Crippen LogP contribution < -0.4 is 5.73 Å². The molecule has 0 unspecified atom stereocenters. The molecule has 8 heteroatoms. The van der Waals surface area contributed by atoms with Gasteiger partial charge in [-0.3, -0.25) is 19.2 Å². The Morgan fingerprint density at radius 3 is 2.52 bits per heavy atom. The lowest BCUT2D eigenvalue weighted by molar-refractivity contribution is -0.137. The minimum Gasteiger partial charge on any atom is -0.369 e. The fourth-order valence-electron chi connectivity index (χ4n) is 3.80. The van der Waals surface area contributed by atoms with Gasteiger partial charge in [0.2, 0.25) is 5.91 Å². The number of primary amides is 1. The van der Waals surface area contributed by atoms with Crippen molar-refractivity contribution >= 4 is 11.8 Å². The summed E-state index contributed by atoms with van der Waals surface area (Å²) in [5.41, 5.74) is 7.22. The number of aromatic nitrogens is 2. The van der Waals surface area contributed by atoms with Gasteiger partial charge in [0.25, 0.3) is 5.91 Å². The molecule has 0 aromatic carbocycles. The van der Waals surface area contributed by atoms with Crippen LogP contribution in [0.4, 0.5) is 0 Å². The Kier molecular flexibility index (Phi) is 4.36. The molecule has 3 rings (SSSR count). The van der Waals surface area contributed by atoms with Crippen LogP contribution in [0.2, 0.25) is 0 Å². The maximum Gasteiger partial charge on any atom is 0.272 e. The first-order chi connectivity index (χ1) is 11.7. The monoisotopic (exact) mass is 349 g/mol. The van der Waals surface area contributed by atoms with Crippen LogP contribution in [0.1, 0.15) is 48.6 Å². The summed E-state index contributed by atoms with van der Waals surface area (Å²) >= 11 is 0. The summed E-state index contributed by atoms with van der Waals surface area (Å²) in [6.45, 7) is 7.15. The molecule has 3 heterocycles. The SMILES string of the molecule is CCn1nc2c(c1C(=O)N1CC(C(N)=O)(N(C)C)C1)C[C@H](C)O[C@@H]2C. The van der Waals surface area contributed by atoms with Crippen molar-refractivity contribution in [1.29, 1.82) is 0 Å². The molecule has 1 saturated heterocycles. The van der Waals surface area contributed by atoms with Gasteiger partial charge < -0.3 is 15.4 Å². The van der Waals surface area contributed by atoms with Gasteiger partial charge in [-0.2, -0.15) is 5.10 Å². The maximum atomic E-state index is 13.1. The molecule has 8 nitrogen and oxygen atoms in total. The Morgan fingerprint density at radius 2 is 2.00 bits per heavy atom. The topological polar surface area (TPSA) is 93.7 Å². The van der Waals surface area contributed by atoms with Gasteiger partial charge in [0.05, 0.1) is 31.0 Å². The van der Waals surface area contributed by atoms with Gasteiger partial charge >= 0.3 is 0 Å². The second kappa shape index (κ2) is 6.10. The van der Waals surface area contributed by atoms with Crippen LogP contribution in [0, 0.1) is 0 Å². The third kappa shape index (κ3) is 2.64. The average molecular weight is 349 g/mol. The number of rotatable bonds is 4. The Bertz CT molecular complexity index is 705. The van der Waals surface area contributed by atoms with Crippen molar-refractivity contribution in [3.8, 4) is 0 Å². The zero-order chi connectivity index (χ0) is 18.5. The predicted octanol–water partition coefficient (Wildman–Crippen LogP) is 0.167. The van der Waals surface area contributed by atoms with Crippen LogP contribution >= 0.6 is 0 Å². The molecule has 0 radical (unpaired) electrons. The summed E-state index contributed by atoms with van der Waals surface area (Å²) in [6.07, 6.45) is 0.593. The van der Waals surface area contributed by atoms with Gasteiger partial charge in [0, 0.05) is 18.5 Å². The number of amides is 2. The number of carbonyl (C=O) groups is 2. The van der Waals surface area contributed by atoms with Gasteiger partial charge in [-0.25, -0.2) is 0 Å². The fourth-order valence-corrected chi connectivity index (χ4v) is 3.80. The molecule has 2 N–H and O–H groups in total. The number of aryl methyl sites for hydroxylation is 1. The number of ether oxygens (including phenoxy) is 1. The van der Waals surface area contributed by atoms with Crippen LogP contribution in [0.25, 0.3) is 0 Å². The highest BCUT2D eigenvalue weighted by Gasteiger charge is 2.52. The van der Waals surface area contributed by atoms with Gasteiger partial charge in [-0.15, -0.1) is 0 Å². The first-order valence-electron chi connectivity index (χ1n) is 8.73. The van der Waals surface area contributed by atoms with E-state index in [1.807, 2.05) is 34.9 Å². The first-order valence-corrected chi connectivity index (χ1v) is 8.73. The van der Waals surface area contributed by atoms with Crippen LogP contribution in [0.15, 0.2) is 0 Å². The Balaban J connectivity index is 1.91. The van der Waals surface area contributed by atoms with Crippen molar-refractivity contribution < 1.29 is 14.3 Å². The molecular formula is C17H27N5O3. The Morgan fingerprint density at radius 1 is 1.36 bits per heavy atom. The standard InChI is InChI=1S/C17H27N5O3/c1-6-22-14(12-7-10(2)25-11(3)13(12)19-22)15(23)21-8-17(9-21,16(18)24)20(4)5/h10-11H,6-9H2,1-5H3,(H2,18,24)/t10-,11+/m0/s1. The van der Waals surface area contributed by atoms with Gasteiger partial charge in [0.15, 0.2) is 0 Å². The van der Waals surface area contributed by atoms with Crippen LogP contribution in [-0.2, 0) is 22.5 Å². The number of fused-ring (bicyclic) bond motifs is 1. The van der Waals surface area contributed by atoms with E-state index in [2.05, 4.69) is 5.10 Å². The van der Waals surface area contributed by atoms with Crippen LogP contribution in [-0.4, -0.2) is 70.2 Å². The predicted molar refractivity (Wildman–Crippen MR) is 92.1 cm³/mol. The normalized spacial score (nSPS) is 24.8. The molecule has 0 aliphatic carbocycles. The van der Waals surface area contributed by atoms with Crippen molar-refractivity contribution in [1.82, 2.24) is 19.6 Å². The number of hydrogen-bond acceptors (Lipinski definition) is 5. The highest BCUT2D eigenvalue weighted by atomic mass is 16.5. The molecule has 1 fully saturated rings. The van der Waals surface area contributed by atoms with Crippen molar-refractivity contribution in [3.63, 3.8) is 0 Å². The molecule has 2 amide bonds. The smallest absolute Gasteiger partial charge is 0.272 e. The summed E-state index contributed by atoms with van der Waals surface area (Å²) < 4.78 is 7.59. The quantitative estimate of drug-likeness (QED) is 0.836. The first kappa shape index (κ1) is 17.9. The van der Waals surface area contributed by atoms with Gasteiger partial charge in [0.1, 0.15) is 11.2 Å². The highest BCUT2D eigenvalue weighted by molar-refractivity contribution is 5.98. The van der Waals surface area contributed by atoms with Crippen molar-refractivity contribution in [2.24, 2.45) is 5.73 Å². The van der Waals surface area contributed by atoms with E-state index in [9.17, 15) is 9.59 Å². The average Bonchev–Trinajstić information content (AvgIpc) is 2.83. The molecule has 1 aromatic rings. The zero-order valence-electron chi connectivity index (χ0n) is 15.6. The second-order valence-corrected chi connectivity index (χ2v) is 7.27. The van der Waals surface area contributed by atoms with E-state index < -0.39 is 11.4 Å². The van der Waals surface area contributed by atoms with Crippen LogP contribution in [0.3, 0.4) is 0 Å². The number of hydrogen-bond donors (Lipinski definition) is 1. The number of nitrogens with two attached hydrogens (primary N) is 1. The molecule has 25 heavy (non-hydrogen) atoms. The van der Waals surface area contributed by atoms with Crippen LogP contribution in [0.5, 0.6) is 0 Å². The molecule has 138 valence electrons. The van der Waals surface area contributed by atoms with Gasteiger partial charge in [-0.1, -0.05) is 0 Å². The second-order valence-electron chi connectivity index (χ2n) is 7.27. The van der Waals surface area contributed by atoms with Gasteiger partial charge in [-0.05, 0) is 34.9 Å². The number of carbonyl (C=O) groups excluding carboxylic acids is 2. The van der Waals surface area contributed by atoms with E-state index in [0.717, 1.165) is 11.3 Å². The largest absolute Gasteiger partial charge is 0.369 e. The molecular weight excluding hydrogens is 322 g/mol. The summed E-state index contributed by atoms with van der Waals surface area (Å²) in [5.74, 6) is -0.487. The minimum atomic E-state index is -0.781. The third-order valence-electron chi connectivity index (χ3n) is 5.40. The molecule has 0 spiro atoms. The minimum absolute atomic E-state index is 0.0476. The third-order valence-corrected chi connectivity index (χ3v) is 5.40. The fraction of sp³-hybridized carbons (Fsp3) is 0.706. The lowest BCUT2D eigenvalue weighted by Gasteiger charge is -2.51. The van der Waals surface area contributed by atoms with E-state index in [-0.39, 0.29) is 18.1 Å². The van der Waals surface area contributed by atoms with E-state index in [4.69, 9.17) is 10.5 Å². The number of nitrogens with zero attached hydrogens (tertiary/aromatic N) is 4. The van der Waals surface area contributed by atoms with E-state index >= 15 is 0 Å². The summed E-state index contributed by atoms with van der Waals surface area (Å²) in [6, 6.07) is 0. The highest BCUT2D eigenvalue weighted by Crippen LogP contribution is 2.34. The Labute approximate surface area is 147 Å². The van der Waals surface area contributed by atoms with E-state index in [1.165, 1.54) is 0 Å². The maximum absolute atomic E-state index is 13.1. The van der Waals surface area contributed by atoms with Crippen molar-refractivity contribution in [2.45, 2.75) is 51.5 Å². The Hall–Kier alpha value is -1.93. The number of likely N-dealkylation sites (tertiary alicyclic amines) is 1. The molecule has 2 aliphatic rings. The van der Waals surface area contributed by atoms with Crippen molar-refractivity contribution in [3.05, 3.63) is 17.0 Å². The summed E-state index contributed by atoms with van der Waals surface area (Å²) in [7, 11) is 3.62. The number of likely N-dealkylation sites (N-methyl/N-ethyl adjacent to an activating group) is 1. The van der Waals surface area contributed by atoms with Crippen molar-refractivity contribution in [2.75, 3.05) is 27.2 Å². The summed E-state index contributed by atoms with van der Waals surface area (Å²) in [5, 5.41) is 4.60. The molecule has 0 bridgehead atoms.